The van der Waals surface area contributed by atoms with E-state index in [1.807, 2.05) is 17.0 Å². The van der Waals surface area contributed by atoms with Crippen molar-refractivity contribution in [3.05, 3.63) is 28.2 Å². The molecular weight excluding hydrogens is 292 g/mol. The Hall–Kier alpha value is -1.03. The maximum Gasteiger partial charge on any atom is 0.253 e. The number of carbonyl (C=O) groups is 1. The van der Waals surface area contributed by atoms with Crippen molar-refractivity contribution >= 4 is 27.5 Å². The van der Waals surface area contributed by atoms with Gasteiger partial charge >= 0.3 is 0 Å². The fourth-order valence-corrected chi connectivity index (χ4v) is 2.57. The van der Waals surface area contributed by atoms with Gasteiger partial charge in [0.25, 0.3) is 5.91 Å². The summed E-state index contributed by atoms with van der Waals surface area (Å²) in [4.78, 5) is 14.3. The van der Waals surface area contributed by atoms with Crippen molar-refractivity contribution < 1.29 is 4.79 Å². The van der Waals surface area contributed by atoms with E-state index in [1.165, 1.54) is 6.42 Å². The van der Waals surface area contributed by atoms with Crippen LogP contribution in [0.15, 0.2) is 22.7 Å². The Morgan fingerprint density at radius 1 is 1.39 bits per heavy atom. The SMILES string of the molecule is CC1CCCN(C(=O)c2ccc(Br)c(N)c2)CC1. The molecule has 98 valence electrons. The molecule has 2 N–H and O–H groups in total. The fourth-order valence-electron chi connectivity index (χ4n) is 2.33. The van der Waals surface area contributed by atoms with Gasteiger partial charge in [0.05, 0.1) is 0 Å². The molecule has 3 nitrogen and oxygen atoms in total. The molecule has 1 saturated heterocycles. The number of anilines is 1. The predicted molar refractivity (Wildman–Crippen MR) is 77.5 cm³/mol. The number of hydrogen-bond acceptors (Lipinski definition) is 2. The Morgan fingerprint density at radius 3 is 2.89 bits per heavy atom. The highest BCUT2D eigenvalue weighted by Crippen LogP contribution is 2.23. The van der Waals surface area contributed by atoms with E-state index in [2.05, 4.69) is 22.9 Å². The number of nitrogens with zero attached hydrogens (tertiary/aromatic N) is 1. The maximum absolute atomic E-state index is 12.4. The summed E-state index contributed by atoms with van der Waals surface area (Å²) < 4.78 is 0.837. The van der Waals surface area contributed by atoms with Crippen molar-refractivity contribution in [1.29, 1.82) is 0 Å². The van der Waals surface area contributed by atoms with Gasteiger partial charge in [-0.15, -0.1) is 0 Å². The van der Waals surface area contributed by atoms with Crippen LogP contribution in [-0.4, -0.2) is 23.9 Å². The molecule has 1 amide bonds. The summed E-state index contributed by atoms with van der Waals surface area (Å²) in [5.74, 6) is 0.820. The van der Waals surface area contributed by atoms with Gasteiger partial charge in [-0.2, -0.15) is 0 Å². The van der Waals surface area contributed by atoms with Gasteiger partial charge in [-0.3, -0.25) is 4.79 Å². The van der Waals surface area contributed by atoms with Crippen LogP contribution < -0.4 is 5.73 Å². The van der Waals surface area contributed by atoms with Gasteiger partial charge in [0, 0.05) is 28.8 Å². The molecule has 0 spiro atoms. The molecule has 1 unspecified atom stereocenters. The van der Waals surface area contributed by atoms with Gasteiger partial charge in [0.15, 0.2) is 0 Å². The molecule has 18 heavy (non-hydrogen) atoms. The highest BCUT2D eigenvalue weighted by atomic mass is 79.9. The minimum Gasteiger partial charge on any atom is -0.398 e. The summed E-state index contributed by atoms with van der Waals surface area (Å²) in [6.45, 7) is 3.97. The van der Waals surface area contributed by atoms with Crippen LogP contribution in [0.25, 0.3) is 0 Å². The summed E-state index contributed by atoms with van der Waals surface area (Å²) in [5.41, 5.74) is 7.12. The van der Waals surface area contributed by atoms with Crippen molar-refractivity contribution in [2.75, 3.05) is 18.8 Å². The van der Waals surface area contributed by atoms with E-state index in [9.17, 15) is 4.79 Å². The first-order valence-electron chi connectivity index (χ1n) is 6.42. The molecule has 1 aromatic rings. The second-order valence-electron chi connectivity index (χ2n) is 5.06. The Balaban J connectivity index is 2.12. The van der Waals surface area contributed by atoms with Crippen LogP contribution >= 0.6 is 15.9 Å². The Kier molecular flexibility index (Phi) is 4.27. The molecule has 4 heteroatoms. The number of nitrogen functional groups attached to an aromatic ring is 1. The third-order valence-electron chi connectivity index (χ3n) is 3.55. The number of benzene rings is 1. The molecule has 2 rings (SSSR count). The number of likely N-dealkylation sites (tertiary alicyclic amines) is 1. The molecule has 1 atom stereocenters. The first-order valence-corrected chi connectivity index (χ1v) is 7.21. The van der Waals surface area contributed by atoms with E-state index in [0.717, 1.165) is 36.3 Å². The zero-order chi connectivity index (χ0) is 13.1. The van der Waals surface area contributed by atoms with Gasteiger partial charge in [-0.25, -0.2) is 0 Å². The molecule has 1 heterocycles. The molecule has 0 aromatic heterocycles. The van der Waals surface area contributed by atoms with Crippen molar-refractivity contribution in [1.82, 2.24) is 4.90 Å². The van der Waals surface area contributed by atoms with E-state index in [-0.39, 0.29) is 5.91 Å². The van der Waals surface area contributed by atoms with Crippen LogP contribution in [0.4, 0.5) is 5.69 Å². The van der Waals surface area contributed by atoms with Crippen LogP contribution in [-0.2, 0) is 0 Å². The van der Waals surface area contributed by atoms with Gasteiger partial charge in [-0.1, -0.05) is 6.92 Å². The minimum atomic E-state index is 0.100. The molecule has 0 bridgehead atoms. The molecule has 1 aliphatic heterocycles. The number of nitrogens with two attached hydrogens (primary N) is 1. The van der Waals surface area contributed by atoms with Crippen LogP contribution in [0, 0.1) is 5.92 Å². The van der Waals surface area contributed by atoms with Crippen molar-refractivity contribution in [3.8, 4) is 0 Å². The smallest absolute Gasteiger partial charge is 0.253 e. The number of hydrogen-bond donors (Lipinski definition) is 1. The van der Waals surface area contributed by atoms with E-state index < -0.39 is 0 Å². The van der Waals surface area contributed by atoms with Gasteiger partial charge < -0.3 is 10.6 Å². The number of carbonyl (C=O) groups excluding carboxylic acids is 1. The van der Waals surface area contributed by atoms with Crippen LogP contribution in [0.1, 0.15) is 36.5 Å². The average Bonchev–Trinajstić information content (AvgIpc) is 2.57. The monoisotopic (exact) mass is 310 g/mol. The minimum absolute atomic E-state index is 0.100. The largest absolute Gasteiger partial charge is 0.398 e. The number of rotatable bonds is 1. The molecule has 0 radical (unpaired) electrons. The third-order valence-corrected chi connectivity index (χ3v) is 4.27. The van der Waals surface area contributed by atoms with Crippen LogP contribution in [0.3, 0.4) is 0 Å². The van der Waals surface area contributed by atoms with E-state index >= 15 is 0 Å². The normalized spacial score (nSPS) is 20.6. The summed E-state index contributed by atoms with van der Waals surface area (Å²) in [6, 6.07) is 5.42. The van der Waals surface area contributed by atoms with Gasteiger partial charge in [0.1, 0.15) is 0 Å². The Labute approximate surface area is 116 Å². The fraction of sp³-hybridized carbons (Fsp3) is 0.500. The molecule has 1 aliphatic rings. The molecule has 1 aromatic carbocycles. The lowest BCUT2D eigenvalue weighted by atomic mass is 10.0. The summed E-state index contributed by atoms with van der Waals surface area (Å²) in [6.07, 6.45) is 3.41. The lowest BCUT2D eigenvalue weighted by Gasteiger charge is -2.20. The molecular formula is C14H19BrN2O. The summed E-state index contributed by atoms with van der Waals surface area (Å²) >= 11 is 3.34. The number of halogens is 1. The van der Waals surface area contributed by atoms with Gasteiger partial charge in [-0.05, 0) is 59.3 Å². The van der Waals surface area contributed by atoms with E-state index in [0.29, 0.717) is 11.3 Å². The molecule has 0 saturated carbocycles. The Morgan fingerprint density at radius 2 is 2.17 bits per heavy atom. The van der Waals surface area contributed by atoms with Crippen molar-refractivity contribution in [3.63, 3.8) is 0 Å². The third kappa shape index (κ3) is 3.05. The first-order chi connectivity index (χ1) is 8.58. The lowest BCUT2D eigenvalue weighted by Crippen LogP contribution is -2.32. The van der Waals surface area contributed by atoms with E-state index in [4.69, 9.17) is 5.73 Å². The molecule has 0 aliphatic carbocycles. The first kappa shape index (κ1) is 13.4. The van der Waals surface area contributed by atoms with E-state index in [1.54, 1.807) is 6.07 Å². The molecule has 1 fully saturated rings. The topological polar surface area (TPSA) is 46.3 Å². The Bertz CT molecular complexity index is 447. The predicted octanol–water partition coefficient (Wildman–Crippen LogP) is 3.29. The standard InChI is InChI=1S/C14H19BrN2O/c1-10-3-2-7-17(8-6-10)14(18)11-4-5-12(15)13(16)9-11/h4-5,9-10H,2-3,6-8,16H2,1H3. The highest BCUT2D eigenvalue weighted by Gasteiger charge is 2.20. The number of amides is 1. The zero-order valence-electron chi connectivity index (χ0n) is 10.7. The zero-order valence-corrected chi connectivity index (χ0v) is 12.2. The van der Waals surface area contributed by atoms with Crippen molar-refractivity contribution in [2.24, 2.45) is 5.92 Å². The van der Waals surface area contributed by atoms with Crippen LogP contribution in [0.5, 0.6) is 0 Å². The van der Waals surface area contributed by atoms with Crippen LogP contribution in [0.2, 0.25) is 0 Å². The second-order valence-corrected chi connectivity index (χ2v) is 5.92. The second kappa shape index (κ2) is 5.74. The summed E-state index contributed by atoms with van der Waals surface area (Å²) in [5, 5.41) is 0. The lowest BCUT2D eigenvalue weighted by molar-refractivity contribution is 0.0760. The maximum atomic E-state index is 12.4. The summed E-state index contributed by atoms with van der Waals surface area (Å²) in [7, 11) is 0. The van der Waals surface area contributed by atoms with Crippen molar-refractivity contribution in [2.45, 2.75) is 26.2 Å². The average molecular weight is 311 g/mol. The quantitative estimate of drug-likeness (QED) is 0.809. The highest BCUT2D eigenvalue weighted by molar-refractivity contribution is 9.10. The van der Waals surface area contributed by atoms with Gasteiger partial charge in [0.2, 0.25) is 0 Å².